The number of piperidine rings is 1. The van der Waals surface area contributed by atoms with Crippen LogP contribution < -0.4 is 5.32 Å². The zero-order chi connectivity index (χ0) is 17.5. The molecule has 142 valence electrons. The number of sulfonamides is 1. The minimum Gasteiger partial charge on any atom is -0.336 e. The van der Waals surface area contributed by atoms with Gasteiger partial charge in [-0.25, -0.2) is 8.42 Å². The molecule has 0 radical (unpaired) electrons. The van der Waals surface area contributed by atoms with E-state index in [2.05, 4.69) is 10.4 Å². The number of carbonyl (C=O) groups is 1. The first-order valence-corrected chi connectivity index (χ1v) is 9.77. The summed E-state index contributed by atoms with van der Waals surface area (Å²) in [5, 5.41) is 7.29. The van der Waals surface area contributed by atoms with Crippen molar-refractivity contribution in [1.82, 2.24) is 24.3 Å². The molecule has 2 aliphatic heterocycles. The van der Waals surface area contributed by atoms with Gasteiger partial charge in [0.2, 0.25) is 15.9 Å². The van der Waals surface area contributed by atoms with Gasteiger partial charge in [-0.2, -0.15) is 9.40 Å². The summed E-state index contributed by atoms with van der Waals surface area (Å²) in [4.78, 5) is 14.3. The molecule has 25 heavy (non-hydrogen) atoms. The van der Waals surface area contributed by atoms with Crippen LogP contribution in [0, 0.1) is 13.8 Å². The highest BCUT2D eigenvalue weighted by molar-refractivity contribution is 7.89. The lowest BCUT2D eigenvalue weighted by Crippen LogP contribution is -2.57. The van der Waals surface area contributed by atoms with Gasteiger partial charge in [0.1, 0.15) is 4.90 Å². The van der Waals surface area contributed by atoms with Gasteiger partial charge in [0.15, 0.2) is 0 Å². The number of hydrogen-bond acceptors (Lipinski definition) is 5. The summed E-state index contributed by atoms with van der Waals surface area (Å²) in [7, 11) is -1.85. The van der Waals surface area contributed by atoms with Gasteiger partial charge in [-0.1, -0.05) is 0 Å². The number of halogens is 1. The number of hydrogen-bond donors (Lipinski definition) is 1. The van der Waals surface area contributed by atoms with Crippen LogP contribution in [0.15, 0.2) is 4.90 Å². The van der Waals surface area contributed by atoms with Crippen LogP contribution in [0.3, 0.4) is 0 Å². The molecule has 0 spiro atoms. The van der Waals surface area contributed by atoms with E-state index in [4.69, 9.17) is 0 Å². The summed E-state index contributed by atoms with van der Waals surface area (Å²) in [6, 6.07) is -0.0413. The van der Waals surface area contributed by atoms with Gasteiger partial charge in [-0.05, 0) is 26.7 Å². The van der Waals surface area contributed by atoms with Crippen molar-refractivity contribution >= 4 is 28.3 Å². The Morgan fingerprint density at radius 2 is 1.96 bits per heavy atom. The maximum atomic E-state index is 13.1. The predicted molar refractivity (Wildman–Crippen MR) is 96.3 cm³/mol. The second-order valence-corrected chi connectivity index (χ2v) is 8.42. The van der Waals surface area contributed by atoms with E-state index in [0.29, 0.717) is 42.5 Å². The van der Waals surface area contributed by atoms with Gasteiger partial charge >= 0.3 is 0 Å². The molecule has 1 amide bonds. The minimum atomic E-state index is -3.60. The predicted octanol–water partition coefficient (Wildman–Crippen LogP) is 0.0436. The average Bonchev–Trinajstić information content (AvgIpc) is 2.81. The number of nitrogens with one attached hydrogen (secondary N) is 1. The van der Waals surface area contributed by atoms with E-state index in [9.17, 15) is 13.2 Å². The normalized spacial score (nSPS) is 22.8. The monoisotopic (exact) mass is 391 g/mol. The smallest absolute Gasteiger partial charge is 0.246 e. The van der Waals surface area contributed by atoms with E-state index in [-0.39, 0.29) is 24.4 Å². The standard InChI is InChI=1S/C15H25N5O3S.ClH/c1-11-15(12(2)18(3)17-11)24(22,23)19-7-4-5-13(10-19)20-8-6-16-9-14(20)21;/h13,16H,4-10H2,1-3H3;1H. The third kappa shape index (κ3) is 3.69. The first-order chi connectivity index (χ1) is 11.3. The van der Waals surface area contributed by atoms with Crippen molar-refractivity contribution in [1.29, 1.82) is 0 Å². The number of piperazine rings is 1. The van der Waals surface area contributed by atoms with Crippen molar-refractivity contribution in [3.8, 4) is 0 Å². The molecule has 0 saturated carbocycles. The van der Waals surface area contributed by atoms with Crippen LogP contribution in [0.2, 0.25) is 0 Å². The topological polar surface area (TPSA) is 87.5 Å². The number of carbonyl (C=O) groups excluding carboxylic acids is 1. The zero-order valence-electron chi connectivity index (χ0n) is 14.9. The molecule has 2 aliphatic rings. The van der Waals surface area contributed by atoms with Crippen LogP contribution in [0.1, 0.15) is 24.2 Å². The first kappa shape index (κ1) is 20.2. The zero-order valence-corrected chi connectivity index (χ0v) is 16.5. The SMILES string of the molecule is Cc1nn(C)c(C)c1S(=O)(=O)N1CCCC(N2CCNCC2=O)C1.Cl. The number of nitrogens with zero attached hydrogens (tertiary/aromatic N) is 4. The molecule has 1 aromatic rings. The number of aromatic nitrogens is 2. The van der Waals surface area contributed by atoms with E-state index < -0.39 is 10.0 Å². The Balaban J connectivity index is 0.00000225. The Bertz CT molecular complexity index is 749. The van der Waals surface area contributed by atoms with Crippen molar-refractivity contribution in [3.63, 3.8) is 0 Å². The lowest BCUT2D eigenvalue weighted by Gasteiger charge is -2.40. The molecule has 0 bridgehead atoms. The van der Waals surface area contributed by atoms with Crippen LogP contribution in [0.5, 0.6) is 0 Å². The molecule has 1 unspecified atom stereocenters. The van der Waals surface area contributed by atoms with Crippen LogP contribution in [0.25, 0.3) is 0 Å². The van der Waals surface area contributed by atoms with Crippen molar-refractivity contribution in [2.45, 2.75) is 37.6 Å². The highest BCUT2D eigenvalue weighted by Gasteiger charge is 2.37. The molecular weight excluding hydrogens is 366 g/mol. The largest absolute Gasteiger partial charge is 0.336 e. The molecule has 1 atom stereocenters. The molecular formula is C15H26ClN5O3S. The number of rotatable bonds is 3. The molecule has 2 saturated heterocycles. The lowest BCUT2D eigenvalue weighted by atomic mass is 10.1. The average molecular weight is 392 g/mol. The first-order valence-electron chi connectivity index (χ1n) is 8.33. The molecule has 10 heteroatoms. The van der Waals surface area contributed by atoms with Gasteiger partial charge in [-0.3, -0.25) is 9.48 Å². The second kappa shape index (κ2) is 7.61. The van der Waals surface area contributed by atoms with Crippen molar-refractivity contribution in [2.75, 3.05) is 32.7 Å². The van der Waals surface area contributed by atoms with E-state index in [1.54, 1.807) is 25.6 Å². The maximum Gasteiger partial charge on any atom is 0.246 e. The summed E-state index contributed by atoms with van der Waals surface area (Å²) in [6.45, 7) is 6.09. The molecule has 1 N–H and O–H groups in total. The third-order valence-electron chi connectivity index (χ3n) is 4.97. The van der Waals surface area contributed by atoms with E-state index in [1.807, 2.05) is 4.90 Å². The molecule has 3 rings (SSSR count). The Kier molecular flexibility index (Phi) is 6.13. The quantitative estimate of drug-likeness (QED) is 0.786. The van der Waals surface area contributed by atoms with E-state index in [0.717, 1.165) is 19.4 Å². The maximum absolute atomic E-state index is 13.1. The fraction of sp³-hybridized carbons (Fsp3) is 0.733. The van der Waals surface area contributed by atoms with Gasteiger partial charge < -0.3 is 10.2 Å². The number of amides is 1. The van der Waals surface area contributed by atoms with E-state index >= 15 is 0 Å². The Morgan fingerprint density at radius 1 is 1.24 bits per heavy atom. The van der Waals surface area contributed by atoms with Crippen LogP contribution >= 0.6 is 12.4 Å². The lowest BCUT2D eigenvalue weighted by molar-refractivity contribution is -0.135. The molecule has 1 aromatic heterocycles. The Hall–Kier alpha value is -1.16. The second-order valence-electron chi connectivity index (χ2n) is 6.55. The van der Waals surface area contributed by atoms with Crippen molar-refractivity contribution in [3.05, 3.63) is 11.4 Å². The van der Waals surface area contributed by atoms with Gasteiger partial charge in [0.25, 0.3) is 0 Å². The number of aryl methyl sites for hydroxylation is 2. The van der Waals surface area contributed by atoms with Crippen LogP contribution in [-0.4, -0.2) is 72.1 Å². The summed E-state index contributed by atoms with van der Waals surface area (Å²) < 4.78 is 29.3. The van der Waals surface area contributed by atoms with Crippen LogP contribution in [0.4, 0.5) is 0 Å². The van der Waals surface area contributed by atoms with Gasteiger partial charge in [-0.15, -0.1) is 12.4 Å². The van der Waals surface area contributed by atoms with Gasteiger partial charge in [0.05, 0.1) is 17.9 Å². The fourth-order valence-corrected chi connectivity index (χ4v) is 5.57. The molecule has 3 heterocycles. The molecule has 0 aliphatic carbocycles. The third-order valence-corrected chi connectivity index (χ3v) is 7.08. The molecule has 2 fully saturated rings. The molecule has 8 nitrogen and oxygen atoms in total. The summed E-state index contributed by atoms with van der Waals surface area (Å²) in [5.74, 6) is 0.0548. The summed E-state index contributed by atoms with van der Waals surface area (Å²) in [6.07, 6.45) is 1.61. The summed E-state index contributed by atoms with van der Waals surface area (Å²) in [5.41, 5.74) is 1.17. The highest BCUT2D eigenvalue weighted by Crippen LogP contribution is 2.27. The highest BCUT2D eigenvalue weighted by atomic mass is 35.5. The molecule has 0 aromatic carbocycles. The van der Waals surface area contributed by atoms with Gasteiger partial charge in [0, 0.05) is 39.3 Å². The minimum absolute atomic E-state index is 0. The fourth-order valence-electron chi connectivity index (χ4n) is 3.66. The van der Waals surface area contributed by atoms with E-state index in [1.165, 1.54) is 4.31 Å². The van der Waals surface area contributed by atoms with Crippen molar-refractivity contribution in [2.24, 2.45) is 7.05 Å². The Labute approximate surface area is 155 Å². The van der Waals surface area contributed by atoms with Crippen LogP contribution in [-0.2, 0) is 21.9 Å². The van der Waals surface area contributed by atoms with Crippen molar-refractivity contribution < 1.29 is 13.2 Å². The summed E-state index contributed by atoms with van der Waals surface area (Å²) >= 11 is 0. The Morgan fingerprint density at radius 3 is 2.56 bits per heavy atom.